The zero-order chi connectivity index (χ0) is 12.4. The van der Waals surface area contributed by atoms with Gasteiger partial charge in [0, 0.05) is 11.6 Å². The van der Waals surface area contributed by atoms with E-state index in [-0.39, 0.29) is 5.54 Å². The van der Waals surface area contributed by atoms with Crippen molar-refractivity contribution < 1.29 is 0 Å². The Labute approximate surface area is 103 Å². The molecule has 0 aliphatic heterocycles. The molecular formula is C15H33N. The summed E-state index contributed by atoms with van der Waals surface area (Å²) in [5, 5.41) is 3.77. The quantitative estimate of drug-likeness (QED) is 0.552. The molecule has 0 aliphatic carbocycles. The van der Waals surface area contributed by atoms with Gasteiger partial charge in [-0.05, 0) is 33.6 Å². The van der Waals surface area contributed by atoms with Gasteiger partial charge in [-0.15, -0.1) is 0 Å². The van der Waals surface area contributed by atoms with E-state index < -0.39 is 0 Å². The first-order chi connectivity index (χ1) is 7.49. The highest BCUT2D eigenvalue weighted by Gasteiger charge is 2.16. The zero-order valence-electron chi connectivity index (χ0n) is 12.2. The molecule has 16 heavy (non-hydrogen) atoms. The van der Waals surface area contributed by atoms with Gasteiger partial charge in [0.2, 0.25) is 0 Å². The van der Waals surface area contributed by atoms with Crippen LogP contribution in [-0.4, -0.2) is 11.6 Å². The maximum absolute atomic E-state index is 3.77. The van der Waals surface area contributed by atoms with Crippen molar-refractivity contribution in [1.82, 2.24) is 5.32 Å². The molecule has 98 valence electrons. The minimum absolute atomic E-state index is 0.267. The highest BCUT2D eigenvalue weighted by Crippen LogP contribution is 2.14. The summed E-state index contributed by atoms with van der Waals surface area (Å²) in [5.74, 6) is 0. The van der Waals surface area contributed by atoms with Crippen molar-refractivity contribution in [1.29, 1.82) is 0 Å². The van der Waals surface area contributed by atoms with Crippen LogP contribution in [0.15, 0.2) is 0 Å². The van der Waals surface area contributed by atoms with Crippen molar-refractivity contribution in [2.45, 2.75) is 97.6 Å². The Kier molecular flexibility index (Phi) is 9.02. The first kappa shape index (κ1) is 16.0. The minimum Gasteiger partial charge on any atom is -0.309 e. The van der Waals surface area contributed by atoms with E-state index in [4.69, 9.17) is 0 Å². The maximum atomic E-state index is 3.77. The fraction of sp³-hybridized carbons (Fsp3) is 1.00. The van der Waals surface area contributed by atoms with E-state index in [0.717, 1.165) is 6.04 Å². The van der Waals surface area contributed by atoms with Gasteiger partial charge in [0.15, 0.2) is 0 Å². The second-order valence-corrected chi connectivity index (χ2v) is 6.08. The molecule has 0 aromatic rings. The third kappa shape index (κ3) is 10.5. The number of unbranched alkanes of at least 4 members (excludes halogenated alkanes) is 4. The third-order valence-electron chi connectivity index (χ3n) is 2.95. The highest BCUT2D eigenvalue weighted by molar-refractivity contribution is 4.77. The van der Waals surface area contributed by atoms with Crippen LogP contribution >= 0.6 is 0 Å². The van der Waals surface area contributed by atoms with E-state index in [2.05, 4.69) is 39.9 Å². The molecule has 1 atom stereocenters. The summed E-state index contributed by atoms with van der Waals surface area (Å²) in [6, 6.07) is 0.733. The Morgan fingerprint density at radius 1 is 0.812 bits per heavy atom. The number of nitrogens with one attached hydrogen (secondary N) is 1. The van der Waals surface area contributed by atoms with E-state index in [1.165, 1.54) is 51.4 Å². The molecule has 0 bridgehead atoms. The molecule has 0 aliphatic rings. The number of hydrogen-bond donors (Lipinski definition) is 1. The standard InChI is InChI=1S/C15H33N/c1-6-8-10-11-13-14(12-9-7-2)16-15(3,4)5/h14,16H,6-13H2,1-5H3. The van der Waals surface area contributed by atoms with Gasteiger partial charge in [-0.2, -0.15) is 0 Å². The molecule has 0 spiro atoms. The van der Waals surface area contributed by atoms with Crippen molar-refractivity contribution in [3.8, 4) is 0 Å². The van der Waals surface area contributed by atoms with Gasteiger partial charge >= 0.3 is 0 Å². The van der Waals surface area contributed by atoms with Crippen molar-refractivity contribution in [2.24, 2.45) is 0 Å². The number of hydrogen-bond acceptors (Lipinski definition) is 1. The summed E-state index contributed by atoms with van der Waals surface area (Å²) in [6.07, 6.45) is 10.9. The first-order valence-electron chi connectivity index (χ1n) is 7.27. The average molecular weight is 227 g/mol. The first-order valence-corrected chi connectivity index (χ1v) is 7.27. The second kappa shape index (κ2) is 9.04. The third-order valence-corrected chi connectivity index (χ3v) is 2.95. The molecule has 0 heterocycles. The van der Waals surface area contributed by atoms with E-state index in [1.807, 2.05) is 0 Å². The maximum Gasteiger partial charge on any atom is 0.00990 e. The van der Waals surface area contributed by atoms with E-state index in [0.29, 0.717) is 0 Å². The normalized spacial score (nSPS) is 14.1. The lowest BCUT2D eigenvalue weighted by atomic mass is 9.98. The molecule has 1 N–H and O–H groups in total. The predicted octanol–water partition coefficient (Wildman–Crippen LogP) is 4.90. The van der Waals surface area contributed by atoms with E-state index in [1.54, 1.807) is 0 Å². The van der Waals surface area contributed by atoms with Crippen LogP contribution in [0.3, 0.4) is 0 Å². The highest BCUT2D eigenvalue weighted by atomic mass is 15.0. The molecule has 0 rings (SSSR count). The summed E-state index contributed by atoms with van der Waals surface area (Å²) in [5.41, 5.74) is 0.267. The molecule has 0 aromatic heterocycles. The molecule has 0 aromatic carbocycles. The summed E-state index contributed by atoms with van der Waals surface area (Å²) in [7, 11) is 0. The molecule has 0 fully saturated rings. The lowest BCUT2D eigenvalue weighted by molar-refractivity contribution is 0.320. The van der Waals surface area contributed by atoms with Gasteiger partial charge in [0.05, 0.1) is 0 Å². The largest absolute Gasteiger partial charge is 0.309 e. The van der Waals surface area contributed by atoms with Crippen LogP contribution in [0, 0.1) is 0 Å². The van der Waals surface area contributed by atoms with Gasteiger partial charge in [-0.1, -0.05) is 52.4 Å². The van der Waals surface area contributed by atoms with Crippen molar-refractivity contribution >= 4 is 0 Å². The van der Waals surface area contributed by atoms with Gasteiger partial charge in [0.1, 0.15) is 0 Å². The lowest BCUT2D eigenvalue weighted by Crippen LogP contribution is -2.43. The van der Waals surface area contributed by atoms with E-state index in [9.17, 15) is 0 Å². The summed E-state index contributed by atoms with van der Waals surface area (Å²) >= 11 is 0. The molecule has 0 radical (unpaired) electrons. The average Bonchev–Trinajstić information content (AvgIpc) is 2.18. The predicted molar refractivity (Wildman–Crippen MR) is 75.0 cm³/mol. The molecule has 1 heteroatoms. The molecule has 1 nitrogen and oxygen atoms in total. The minimum atomic E-state index is 0.267. The fourth-order valence-corrected chi connectivity index (χ4v) is 2.17. The molecular weight excluding hydrogens is 194 g/mol. The topological polar surface area (TPSA) is 12.0 Å². The Hall–Kier alpha value is -0.0400. The van der Waals surface area contributed by atoms with Crippen LogP contribution < -0.4 is 5.32 Å². The van der Waals surface area contributed by atoms with Gasteiger partial charge in [0.25, 0.3) is 0 Å². The molecule has 0 saturated heterocycles. The summed E-state index contributed by atoms with van der Waals surface area (Å²) in [6.45, 7) is 11.4. The SMILES string of the molecule is CCCCCCC(CCCC)NC(C)(C)C. The van der Waals surface area contributed by atoms with Crippen molar-refractivity contribution in [2.75, 3.05) is 0 Å². The van der Waals surface area contributed by atoms with Crippen LogP contribution in [0.5, 0.6) is 0 Å². The van der Waals surface area contributed by atoms with Crippen LogP contribution in [0.4, 0.5) is 0 Å². The Morgan fingerprint density at radius 2 is 1.38 bits per heavy atom. The van der Waals surface area contributed by atoms with Gasteiger partial charge in [-0.3, -0.25) is 0 Å². The van der Waals surface area contributed by atoms with Gasteiger partial charge < -0.3 is 5.32 Å². The second-order valence-electron chi connectivity index (χ2n) is 6.08. The fourth-order valence-electron chi connectivity index (χ4n) is 2.17. The molecule has 0 amide bonds. The number of rotatable bonds is 9. The van der Waals surface area contributed by atoms with Crippen molar-refractivity contribution in [3.05, 3.63) is 0 Å². The van der Waals surface area contributed by atoms with Crippen LogP contribution in [-0.2, 0) is 0 Å². The van der Waals surface area contributed by atoms with Crippen LogP contribution in [0.25, 0.3) is 0 Å². The lowest BCUT2D eigenvalue weighted by Gasteiger charge is -2.28. The van der Waals surface area contributed by atoms with Crippen molar-refractivity contribution in [3.63, 3.8) is 0 Å². The van der Waals surface area contributed by atoms with Crippen LogP contribution in [0.2, 0.25) is 0 Å². The smallest absolute Gasteiger partial charge is 0.00990 e. The molecule has 1 unspecified atom stereocenters. The van der Waals surface area contributed by atoms with E-state index >= 15 is 0 Å². The summed E-state index contributed by atoms with van der Waals surface area (Å²) < 4.78 is 0. The summed E-state index contributed by atoms with van der Waals surface area (Å²) in [4.78, 5) is 0. The molecule has 0 saturated carbocycles. The Morgan fingerprint density at radius 3 is 1.88 bits per heavy atom. The Bertz CT molecular complexity index is 146. The Balaban J connectivity index is 3.81. The zero-order valence-corrected chi connectivity index (χ0v) is 12.2. The monoisotopic (exact) mass is 227 g/mol. The van der Waals surface area contributed by atoms with Gasteiger partial charge in [-0.25, -0.2) is 0 Å². The van der Waals surface area contributed by atoms with Crippen LogP contribution in [0.1, 0.15) is 86.0 Å².